The first-order valence-electron chi connectivity index (χ1n) is 8.31. The van der Waals surface area contributed by atoms with Gasteiger partial charge in [0.1, 0.15) is 0 Å². The summed E-state index contributed by atoms with van der Waals surface area (Å²) < 4.78 is 16.8. The fourth-order valence-corrected chi connectivity index (χ4v) is 4.87. The minimum absolute atomic E-state index is 0.179. The van der Waals surface area contributed by atoms with Crippen molar-refractivity contribution in [3.05, 3.63) is 0 Å². The summed E-state index contributed by atoms with van der Waals surface area (Å²) in [6, 6.07) is 0.559. The van der Waals surface area contributed by atoms with Gasteiger partial charge in [-0.1, -0.05) is 6.92 Å². The molecule has 4 nitrogen and oxygen atoms in total. The second-order valence-corrected chi connectivity index (χ2v) is 7.25. The Labute approximate surface area is 133 Å². The lowest BCUT2D eigenvalue weighted by atomic mass is 9.80. The number of ether oxygens (including phenoxy) is 3. The summed E-state index contributed by atoms with van der Waals surface area (Å²) in [6.07, 6.45) is 4.72. The van der Waals surface area contributed by atoms with Crippen LogP contribution < -0.4 is 5.32 Å². The van der Waals surface area contributed by atoms with E-state index in [-0.39, 0.29) is 5.60 Å². The van der Waals surface area contributed by atoms with Crippen LogP contribution in [0, 0.1) is 5.92 Å². The smallest absolute Gasteiger partial charge is 0.0783 e. The highest BCUT2D eigenvalue weighted by Crippen LogP contribution is 2.41. The molecule has 2 rings (SSSR count). The Bertz CT molecular complexity index is 285. The summed E-state index contributed by atoms with van der Waals surface area (Å²) in [5, 5.41) is 3.68. The molecule has 2 saturated heterocycles. The topological polar surface area (TPSA) is 39.7 Å². The first kappa shape index (κ1) is 17.5. The number of methoxy groups -OCH3 is 1. The van der Waals surface area contributed by atoms with Crippen molar-refractivity contribution < 1.29 is 14.2 Å². The van der Waals surface area contributed by atoms with Gasteiger partial charge in [0.15, 0.2) is 0 Å². The Balaban J connectivity index is 1.79. The van der Waals surface area contributed by atoms with E-state index in [1.165, 1.54) is 30.8 Å². The monoisotopic (exact) mass is 317 g/mol. The van der Waals surface area contributed by atoms with Crippen LogP contribution in [0.25, 0.3) is 0 Å². The molecule has 21 heavy (non-hydrogen) atoms. The molecule has 1 N–H and O–H groups in total. The van der Waals surface area contributed by atoms with Crippen molar-refractivity contribution in [3.63, 3.8) is 0 Å². The van der Waals surface area contributed by atoms with Crippen molar-refractivity contribution in [2.24, 2.45) is 5.92 Å². The zero-order chi connectivity index (χ0) is 15.0. The summed E-state index contributed by atoms with van der Waals surface area (Å²) in [5.74, 6) is 3.18. The molecule has 0 bridgehead atoms. The molecule has 3 unspecified atom stereocenters. The Kier molecular flexibility index (Phi) is 7.82. The summed E-state index contributed by atoms with van der Waals surface area (Å²) >= 11 is 2.05. The first-order chi connectivity index (χ1) is 10.3. The van der Waals surface area contributed by atoms with Gasteiger partial charge < -0.3 is 19.5 Å². The van der Waals surface area contributed by atoms with Gasteiger partial charge >= 0.3 is 0 Å². The van der Waals surface area contributed by atoms with E-state index in [2.05, 4.69) is 12.2 Å². The lowest BCUT2D eigenvalue weighted by molar-refractivity contribution is -0.0865. The first-order valence-corrected chi connectivity index (χ1v) is 9.47. The molecule has 124 valence electrons. The highest BCUT2D eigenvalue weighted by molar-refractivity contribution is 7.99. The van der Waals surface area contributed by atoms with Crippen LogP contribution in [0.5, 0.6) is 0 Å². The van der Waals surface area contributed by atoms with E-state index >= 15 is 0 Å². The van der Waals surface area contributed by atoms with Crippen LogP contribution in [0.3, 0.4) is 0 Å². The van der Waals surface area contributed by atoms with Crippen LogP contribution in [0.4, 0.5) is 0 Å². The molecule has 2 aliphatic heterocycles. The van der Waals surface area contributed by atoms with Gasteiger partial charge in [0.2, 0.25) is 0 Å². The maximum absolute atomic E-state index is 6.15. The fourth-order valence-electron chi connectivity index (χ4n) is 3.49. The van der Waals surface area contributed by atoms with E-state index in [0.29, 0.717) is 19.3 Å². The minimum atomic E-state index is 0.179. The number of thioether (sulfide) groups is 1. The average molecular weight is 317 g/mol. The van der Waals surface area contributed by atoms with Crippen molar-refractivity contribution in [2.75, 3.05) is 51.6 Å². The minimum Gasteiger partial charge on any atom is -0.382 e. The van der Waals surface area contributed by atoms with Crippen molar-refractivity contribution in [1.82, 2.24) is 5.32 Å². The summed E-state index contributed by atoms with van der Waals surface area (Å²) in [5.41, 5.74) is 0.179. The molecule has 2 aliphatic rings. The second-order valence-electron chi connectivity index (χ2n) is 6.14. The number of hydrogen-bond donors (Lipinski definition) is 1. The molecule has 1 spiro atoms. The van der Waals surface area contributed by atoms with Crippen LogP contribution in [0.15, 0.2) is 0 Å². The predicted octanol–water partition coefficient (Wildman–Crippen LogP) is 2.32. The van der Waals surface area contributed by atoms with E-state index in [4.69, 9.17) is 14.2 Å². The summed E-state index contributed by atoms with van der Waals surface area (Å²) in [4.78, 5) is 0. The zero-order valence-corrected chi connectivity index (χ0v) is 14.4. The lowest BCUT2D eigenvalue weighted by Crippen LogP contribution is -2.47. The molecule has 2 heterocycles. The van der Waals surface area contributed by atoms with Gasteiger partial charge in [0, 0.05) is 32.1 Å². The largest absolute Gasteiger partial charge is 0.382 e. The molecule has 0 aromatic carbocycles. The molecular weight excluding hydrogens is 286 g/mol. The van der Waals surface area contributed by atoms with Crippen LogP contribution in [-0.4, -0.2) is 63.2 Å². The standard InChI is InChI=1S/C16H31NO3S/c1-3-17-15(5-7-19-10-9-18-2)14-4-8-20-16(12-14)6-11-21-13-16/h14-15,17H,3-13H2,1-2H3. The highest BCUT2D eigenvalue weighted by Gasteiger charge is 2.42. The molecule has 2 fully saturated rings. The van der Waals surface area contributed by atoms with Gasteiger partial charge in [-0.3, -0.25) is 0 Å². The molecule has 0 amide bonds. The Morgan fingerprint density at radius 2 is 2.29 bits per heavy atom. The molecule has 5 heteroatoms. The summed E-state index contributed by atoms with van der Waals surface area (Å²) in [7, 11) is 1.71. The average Bonchev–Trinajstić information content (AvgIpc) is 2.94. The quantitative estimate of drug-likeness (QED) is 0.661. The number of nitrogens with one attached hydrogen (secondary N) is 1. The van der Waals surface area contributed by atoms with Crippen molar-refractivity contribution in [3.8, 4) is 0 Å². The van der Waals surface area contributed by atoms with Crippen molar-refractivity contribution >= 4 is 11.8 Å². The Morgan fingerprint density at radius 1 is 1.38 bits per heavy atom. The van der Waals surface area contributed by atoms with Crippen LogP contribution in [-0.2, 0) is 14.2 Å². The van der Waals surface area contributed by atoms with E-state index in [9.17, 15) is 0 Å². The van der Waals surface area contributed by atoms with E-state index in [0.717, 1.165) is 32.1 Å². The molecule has 0 aliphatic carbocycles. The zero-order valence-electron chi connectivity index (χ0n) is 13.6. The van der Waals surface area contributed by atoms with Crippen molar-refractivity contribution in [1.29, 1.82) is 0 Å². The van der Waals surface area contributed by atoms with Crippen molar-refractivity contribution in [2.45, 2.75) is 44.2 Å². The summed E-state index contributed by atoms with van der Waals surface area (Å²) in [6.45, 7) is 6.35. The highest BCUT2D eigenvalue weighted by atomic mass is 32.2. The molecule has 0 radical (unpaired) electrons. The molecular formula is C16H31NO3S. The number of rotatable bonds is 9. The van der Waals surface area contributed by atoms with E-state index in [1.54, 1.807) is 7.11 Å². The van der Waals surface area contributed by atoms with E-state index < -0.39 is 0 Å². The van der Waals surface area contributed by atoms with E-state index in [1.807, 2.05) is 11.8 Å². The van der Waals surface area contributed by atoms with Gasteiger partial charge in [0.05, 0.1) is 18.8 Å². The second kappa shape index (κ2) is 9.36. The SMILES string of the molecule is CCNC(CCOCCOC)C1CCOC2(CCSC2)C1. The maximum Gasteiger partial charge on any atom is 0.0783 e. The maximum atomic E-state index is 6.15. The third kappa shape index (κ3) is 5.39. The third-order valence-electron chi connectivity index (χ3n) is 4.64. The van der Waals surface area contributed by atoms with Gasteiger partial charge in [-0.05, 0) is 43.9 Å². The molecule has 0 aromatic rings. The van der Waals surface area contributed by atoms with Gasteiger partial charge in [0.25, 0.3) is 0 Å². The van der Waals surface area contributed by atoms with Gasteiger partial charge in [-0.15, -0.1) is 0 Å². The van der Waals surface area contributed by atoms with Gasteiger partial charge in [-0.25, -0.2) is 0 Å². The molecule has 0 aromatic heterocycles. The third-order valence-corrected chi connectivity index (χ3v) is 5.86. The van der Waals surface area contributed by atoms with Gasteiger partial charge in [-0.2, -0.15) is 11.8 Å². The predicted molar refractivity (Wildman–Crippen MR) is 88.1 cm³/mol. The Morgan fingerprint density at radius 3 is 3.00 bits per heavy atom. The normalized spacial score (nSPS) is 30.9. The lowest BCUT2D eigenvalue weighted by Gasteiger charge is -2.41. The van der Waals surface area contributed by atoms with Crippen LogP contribution in [0.2, 0.25) is 0 Å². The fraction of sp³-hybridized carbons (Fsp3) is 1.00. The van der Waals surface area contributed by atoms with Crippen LogP contribution >= 0.6 is 11.8 Å². The van der Waals surface area contributed by atoms with Crippen LogP contribution in [0.1, 0.15) is 32.6 Å². The number of hydrogen-bond acceptors (Lipinski definition) is 5. The Hall–Kier alpha value is 0.190. The molecule has 3 atom stereocenters. The molecule has 0 saturated carbocycles.